The summed E-state index contributed by atoms with van der Waals surface area (Å²) in [6.45, 7) is 2.73. The lowest BCUT2D eigenvalue weighted by Gasteiger charge is -2.39. The van der Waals surface area contributed by atoms with Crippen LogP contribution in [0, 0.1) is 6.92 Å². The predicted molar refractivity (Wildman–Crippen MR) is 91.8 cm³/mol. The molecule has 3 rings (SSSR count). The lowest BCUT2D eigenvalue weighted by Crippen LogP contribution is -2.55. The summed E-state index contributed by atoms with van der Waals surface area (Å²) in [6, 6.07) is 2.30. The first-order valence-corrected chi connectivity index (χ1v) is 8.02. The fourth-order valence-electron chi connectivity index (χ4n) is 3.33. The third-order valence-electron chi connectivity index (χ3n) is 4.78. The van der Waals surface area contributed by atoms with Crippen molar-refractivity contribution in [2.24, 2.45) is 5.84 Å². The maximum absolute atomic E-state index is 13.1. The fourth-order valence-corrected chi connectivity index (χ4v) is 3.33. The molecule has 0 unspecified atom stereocenters. The molecule has 3 amide bonds. The van der Waals surface area contributed by atoms with Crippen LogP contribution in [0.2, 0.25) is 0 Å². The minimum Gasteiger partial charge on any atom is -0.371 e. The van der Waals surface area contributed by atoms with Crippen LogP contribution in [0.4, 0.5) is 29.3 Å². The number of amides is 3. The third kappa shape index (κ3) is 3.55. The van der Waals surface area contributed by atoms with Gasteiger partial charge in [0.25, 0.3) is 12.3 Å². The van der Waals surface area contributed by atoms with E-state index in [9.17, 15) is 22.8 Å². The molecule has 2 heterocycles. The lowest BCUT2D eigenvalue weighted by molar-refractivity contribution is -0.124. The summed E-state index contributed by atoms with van der Waals surface area (Å²) in [6.07, 6.45) is -1.78. The van der Waals surface area contributed by atoms with Crippen molar-refractivity contribution in [3.63, 3.8) is 0 Å². The number of hydrogen-bond donors (Lipinski definition) is 4. The zero-order valence-corrected chi connectivity index (χ0v) is 14.5. The number of benzene rings is 1. The largest absolute Gasteiger partial charge is 0.371 e. The van der Waals surface area contributed by atoms with Crippen LogP contribution in [0.1, 0.15) is 30.4 Å². The van der Waals surface area contributed by atoms with Gasteiger partial charge in [0.15, 0.2) is 0 Å². The topological polar surface area (TPSA) is 99.5 Å². The molecule has 0 radical (unpaired) electrons. The number of nitrogens with two attached hydrogens (primary N) is 1. The molecule has 1 spiro atoms. The molecule has 1 aromatic carbocycles. The quantitative estimate of drug-likeness (QED) is 0.369. The van der Waals surface area contributed by atoms with E-state index in [1.807, 2.05) is 4.90 Å². The average molecular weight is 373 g/mol. The van der Waals surface area contributed by atoms with Crippen LogP contribution >= 0.6 is 0 Å². The van der Waals surface area contributed by atoms with E-state index in [1.165, 1.54) is 12.1 Å². The highest BCUT2D eigenvalue weighted by Gasteiger charge is 2.48. The molecule has 7 nitrogen and oxygen atoms in total. The summed E-state index contributed by atoms with van der Waals surface area (Å²) in [5, 5.41) is 4.93. The summed E-state index contributed by atoms with van der Waals surface area (Å²) in [5.41, 5.74) is 3.30. The molecule has 0 bridgehead atoms. The molecule has 0 atom stereocenters. The summed E-state index contributed by atoms with van der Waals surface area (Å²) in [7, 11) is 0.500. The number of anilines is 2. The van der Waals surface area contributed by atoms with Gasteiger partial charge in [0.2, 0.25) is 0 Å². The smallest absolute Gasteiger partial charge is 0.322 e. The molecule has 10 heteroatoms. The standard InChI is InChI=1S/C15H19F2N5O2.CH3F/c1-8-10(21-18)6-9(12(16)17)7-11(8)22-4-2-15(3-5-22)13(23)19-14(24)20-15;1-2/h6-7,12,21H,2-5,18H2,1H3,(H2,19,20,23,24);1H3. The van der Waals surface area contributed by atoms with Gasteiger partial charge in [-0.15, -0.1) is 0 Å². The molecule has 2 aliphatic heterocycles. The number of urea groups is 1. The first kappa shape index (κ1) is 19.8. The van der Waals surface area contributed by atoms with Gasteiger partial charge >= 0.3 is 6.03 Å². The fraction of sp³-hybridized carbons (Fsp3) is 0.500. The van der Waals surface area contributed by atoms with Crippen molar-refractivity contribution < 1.29 is 22.8 Å². The molecule has 0 aliphatic carbocycles. The summed E-state index contributed by atoms with van der Waals surface area (Å²) >= 11 is 0. The Bertz CT molecular complexity index is 691. The van der Waals surface area contributed by atoms with Crippen molar-refractivity contribution in [2.45, 2.75) is 31.7 Å². The second-order valence-electron chi connectivity index (χ2n) is 6.14. The molecule has 2 aliphatic rings. The molecule has 0 aromatic heterocycles. The first-order valence-electron chi connectivity index (χ1n) is 8.02. The van der Waals surface area contributed by atoms with E-state index in [0.717, 1.165) is 5.56 Å². The van der Waals surface area contributed by atoms with Crippen molar-refractivity contribution in [2.75, 3.05) is 30.6 Å². The van der Waals surface area contributed by atoms with Crippen molar-refractivity contribution in [3.8, 4) is 0 Å². The van der Waals surface area contributed by atoms with Crippen molar-refractivity contribution in [1.82, 2.24) is 10.6 Å². The van der Waals surface area contributed by atoms with E-state index in [0.29, 0.717) is 44.5 Å². The number of alkyl halides is 3. The van der Waals surface area contributed by atoms with Gasteiger partial charge in [-0.25, -0.2) is 13.6 Å². The monoisotopic (exact) mass is 373 g/mol. The minimum absolute atomic E-state index is 0.115. The number of carbonyl (C=O) groups excluding carboxylic acids is 2. The number of halogens is 3. The first-order chi connectivity index (χ1) is 12.4. The van der Waals surface area contributed by atoms with E-state index < -0.39 is 18.0 Å². The third-order valence-corrected chi connectivity index (χ3v) is 4.78. The molecular formula is C16H22F3N5O2. The van der Waals surface area contributed by atoms with Gasteiger partial charge in [-0.2, -0.15) is 0 Å². The maximum Gasteiger partial charge on any atom is 0.322 e. The van der Waals surface area contributed by atoms with Crippen LogP contribution in [-0.4, -0.2) is 37.7 Å². The lowest BCUT2D eigenvalue weighted by atomic mass is 9.87. The number of nitrogens with zero attached hydrogens (tertiary/aromatic N) is 1. The molecule has 2 fully saturated rings. The number of rotatable bonds is 3. The van der Waals surface area contributed by atoms with Gasteiger partial charge in [-0.3, -0.25) is 20.3 Å². The highest BCUT2D eigenvalue weighted by molar-refractivity contribution is 6.07. The number of hydrogen-bond acceptors (Lipinski definition) is 5. The van der Waals surface area contributed by atoms with E-state index in [1.54, 1.807) is 6.92 Å². The average Bonchev–Trinajstić information content (AvgIpc) is 2.90. The zero-order valence-electron chi connectivity index (χ0n) is 14.5. The second kappa shape index (κ2) is 7.81. The van der Waals surface area contributed by atoms with Crippen molar-refractivity contribution in [1.29, 1.82) is 0 Å². The molecule has 1 aromatic rings. The second-order valence-corrected chi connectivity index (χ2v) is 6.14. The number of hydrazine groups is 1. The molecule has 5 N–H and O–H groups in total. The molecule has 26 heavy (non-hydrogen) atoms. The van der Waals surface area contributed by atoms with Crippen LogP contribution in [0.15, 0.2) is 12.1 Å². The van der Waals surface area contributed by atoms with Crippen LogP contribution in [0.25, 0.3) is 0 Å². The van der Waals surface area contributed by atoms with E-state index in [4.69, 9.17) is 5.84 Å². The zero-order chi connectivity index (χ0) is 19.5. The van der Waals surface area contributed by atoms with Crippen LogP contribution < -0.4 is 26.8 Å². The van der Waals surface area contributed by atoms with Gasteiger partial charge < -0.3 is 15.6 Å². The van der Waals surface area contributed by atoms with Gasteiger partial charge in [-0.1, -0.05) is 0 Å². The molecule has 0 saturated carbocycles. The summed E-state index contributed by atoms with van der Waals surface area (Å²) < 4.78 is 35.7. The SMILES string of the molecule is CF.Cc1c(NN)cc(C(F)F)cc1N1CCC2(CC1)NC(=O)NC2=O. The number of nitrogen functional groups attached to an aromatic ring is 1. The Balaban J connectivity index is 0.00000117. The van der Waals surface area contributed by atoms with Crippen LogP contribution in [0.3, 0.4) is 0 Å². The minimum atomic E-state index is -2.60. The van der Waals surface area contributed by atoms with Crippen molar-refractivity contribution >= 4 is 23.3 Å². The Morgan fingerprint density at radius 2 is 1.85 bits per heavy atom. The normalized spacial score (nSPS) is 18.3. The van der Waals surface area contributed by atoms with Gasteiger partial charge in [0.1, 0.15) is 5.54 Å². The van der Waals surface area contributed by atoms with Gasteiger partial charge in [-0.05, 0) is 37.5 Å². The predicted octanol–water partition coefficient (Wildman–Crippen LogP) is 1.98. The number of imide groups is 1. The Morgan fingerprint density at radius 3 is 2.31 bits per heavy atom. The highest BCUT2D eigenvalue weighted by Crippen LogP contribution is 2.36. The molecule has 144 valence electrons. The highest BCUT2D eigenvalue weighted by atomic mass is 19.3. The van der Waals surface area contributed by atoms with E-state index in [2.05, 4.69) is 16.1 Å². The Kier molecular flexibility index (Phi) is 5.96. The Hall–Kier alpha value is -2.49. The van der Waals surface area contributed by atoms with E-state index >= 15 is 0 Å². The molecule has 2 saturated heterocycles. The number of nitrogens with one attached hydrogen (secondary N) is 3. The molecular weight excluding hydrogens is 351 g/mol. The van der Waals surface area contributed by atoms with Gasteiger partial charge in [0.05, 0.1) is 12.9 Å². The van der Waals surface area contributed by atoms with Crippen LogP contribution in [0.5, 0.6) is 0 Å². The number of carbonyl (C=O) groups is 2. The summed E-state index contributed by atoms with van der Waals surface area (Å²) in [4.78, 5) is 25.3. The maximum atomic E-state index is 13.1. The van der Waals surface area contributed by atoms with Crippen molar-refractivity contribution in [3.05, 3.63) is 23.3 Å². The van der Waals surface area contributed by atoms with Gasteiger partial charge in [0, 0.05) is 24.3 Å². The Morgan fingerprint density at radius 1 is 1.23 bits per heavy atom. The summed E-state index contributed by atoms with van der Waals surface area (Å²) in [5.74, 6) is 5.11. The Labute approximate surface area is 149 Å². The van der Waals surface area contributed by atoms with Crippen LogP contribution in [-0.2, 0) is 4.79 Å². The van der Waals surface area contributed by atoms with E-state index in [-0.39, 0.29) is 11.5 Å². The number of piperidine rings is 1.